The Labute approximate surface area is 107 Å². The molecule has 1 aromatic heterocycles. The number of hydrogen-bond acceptors (Lipinski definition) is 1. The molecule has 1 nitrogen and oxygen atoms in total. The van der Waals surface area contributed by atoms with E-state index < -0.39 is 0 Å². The Balaban J connectivity index is 0.000000180. The zero-order valence-corrected chi connectivity index (χ0v) is 11.1. The second-order valence-electron chi connectivity index (χ2n) is 4.33. The molecule has 0 amide bonds. The summed E-state index contributed by atoms with van der Waals surface area (Å²) < 4.78 is 25.1. The van der Waals surface area contributed by atoms with Crippen LogP contribution in [-0.2, 0) is 0 Å². The molecule has 0 aliphatic rings. The summed E-state index contributed by atoms with van der Waals surface area (Å²) in [7, 11) is 0. The molecule has 0 atom stereocenters. The number of nitrogens with zero attached hydrogens (tertiary/aromatic N) is 1. The molecule has 0 aliphatic heterocycles. The number of pyridine rings is 1. The SMILES string of the molecule is Cc1ccc(C)c(F)c1.Cc1cnc(C)c(F)c1. The van der Waals surface area contributed by atoms with Crippen molar-refractivity contribution in [2.45, 2.75) is 27.7 Å². The molecule has 1 heterocycles. The van der Waals surface area contributed by atoms with Crippen LogP contribution in [0.5, 0.6) is 0 Å². The van der Waals surface area contributed by atoms with Gasteiger partial charge in [0.2, 0.25) is 0 Å². The van der Waals surface area contributed by atoms with E-state index in [0.717, 1.165) is 11.1 Å². The van der Waals surface area contributed by atoms with Crippen molar-refractivity contribution in [2.24, 2.45) is 0 Å². The molecule has 3 heteroatoms. The quantitative estimate of drug-likeness (QED) is 0.679. The summed E-state index contributed by atoms with van der Waals surface area (Å²) in [4.78, 5) is 3.80. The minimum Gasteiger partial charge on any atom is -0.258 e. The van der Waals surface area contributed by atoms with Gasteiger partial charge in [-0.3, -0.25) is 4.98 Å². The van der Waals surface area contributed by atoms with Crippen molar-refractivity contribution >= 4 is 0 Å². The lowest BCUT2D eigenvalue weighted by molar-refractivity contribution is 0.608. The van der Waals surface area contributed by atoms with E-state index in [0.29, 0.717) is 11.3 Å². The van der Waals surface area contributed by atoms with Gasteiger partial charge in [-0.25, -0.2) is 8.78 Å². The Morgan fingerprint density at radius 2 is 1.44 bits per heavy atom. The van der Waals surface area contributed by atoms with Crippen molar-refractivity contribution in [1.82, 2.24) is 4.98 Å². The molecule has 18 heavy (non-hydrogen) atoms. The fourth-order valence-electron chi connectivity index (χ4n) is 1.30. The molecule has 1 aromatic carbocycles. The fourth-order valence-corrected chi connectivity index (χ4v) is 1.30. The van der Waals surface area contributed by atoms with Crippen molar-refractivity contribution in [3.8, 4) is 0 Å². The molecule has 0 radical (unpaired) electrons. The monoisotopic (exact) mass is 249 g/mol. The van der Waals surface area contributed by atoms with E-state index in [9.17, 15) is 8.78 Å². The number of benzene rings is 1. The standard InChI is InChI=1S/C8H9F.C7H8FN/c1-6-3-4-7(2)8(9)5-6;1-5-3-7(8)6(2)9-4-5/h3-5H,1-2H3;3-4H,1-2H3. The van der Waals surface area contributed by atoms with Gasteiger partial charge in [0.25, 0.3) is 0 Å². The van der Waals surface area contributed by atoms with Crippen LogP contribution < -0.4 is 0 Å². The average Bonchev–Trinajstić information content (AvgIpc) is 2.30. The van der Waals surface area contributed by atoms with Crippen molar-refractivity contribution in [3.63, 3.8) is 0 Å². The number of rotatable bonds is 0. The van der Waals surface area contributed by atoms with Gasteiger partial charge in [-0.2, -0.15) is 0 Å². The summed E-state index contributed by atoms with van der Waals surface area (Å²) in [6.45, 7) is 7.10. The molecular formula is C15H17F2N. The number of aromatic nitrogens is 1. The summed E-state index contributed by atoms with van der Waals surface area (Å²) >= 11 is 0. The van der Waals surface area contributed by atoms with Crippen LogP contribution in [0.3, 0.4) is 0 Å². The predicted molar refractivity (Wildman–Crippen MR) is 69.5 cm³/mol. The highest BCUT2D eigenvalue weighted by molar-refractivity contribution is 5.21. The third-order valence-corrected chi connectivity index (χ3v) is 2.49. The lowest BCUT2D eigenvalue weighted by atomic mass is 10.2. The zero-order valence-electron chi connectivity index (χ0n) is 11.1. The Hall–Kier alpha value is -1.77. The second kappa shape index (κ2) is 6.24. The molecule has 0 bridgehead atoms. The second-order valence-corrected chi connectivity index (χ2v) is 4.33. The molecule has 0 saturated heterocycles. The first-order valence-electron chi connectivity index (χ1n) is 5.71. The molecule has 0 N–H and O–H groups in total. The predicted octanol–water partition coefficient (Wildman–Crippen LogP) is 4.28. The van der Waals surface area contributed by atoms with E-state index in [1.54, 1.807) is 26.1 Å². The summed E-state index contributed by atoms with van der Waals surface area (Å²) in [5, 5.41) is 0. The Kier molecular flexibility index (Phi) is 4.95. The normalized spacial score (nSPS) is 9.67. The largest absolute Gasteiger partial charge is 0.258 e. The van der Waals surface area contributed by atoms with Gasteiger partial charge in [0.1, 0.15) is 11.6 Å². The smallest absolute Gasteiger partial charge is 0.144 e. The first kappa shape index (κ1) is 14.3. The van der Waals surface area contributed by atoms with Crippen molar-refractivity contribution in [3.05, 3.63) is 64.5 Å². The first-order chi connectivity index (χ1) is 8.40. The molecule has 96 valence electrons. The molecule has 0 unspecified atom stereocenters. The van der Waals surface area contributed by atoms with E-state index in [-0.39, 0.29) is 11.6 Å². The maximum atomic E-state index is 12.6. The van der Waals surface area contributed by atoms with E-state index in [2.05, 4.69) is 4.98 Å². The number of halogens is 2. The Morgan fingerprint density at radius 1 is 0.833 bits per heavy atom. The van der Waals surface area contributed by atoms with Gasteiger partial charge in [0, 0.05) is 6.20 Å². The minimum atomic E-state index is -0.227. The molecule has 0 saturated carbocycles. The fraction of sp³-hybridized carbons (Fsp3) is 0.267. The number of aryl methyl sites for hydroxylation is 4. The van der Waals surface area contributed by atoms with E-state index in [1.165, 1.54) is 12.1 Å². The van der Waals surface area contributed by atoms with Crippen LogP contribution in [0.2, 0.25) is 0 Å². The molecule has 0 spiro atoms. The van der Waals surface area contributed by atoms with E-state index in [1.807, 2.05) is 19.9 Å². The van der Waals surface area contributed by atoms with Gasteiger partial charge in [-0.05, 0) is 56.5 Å². The van der Waals surface area contributed by atoms with Crippen LogP contribution >= 0.6 is 0 Å². The topological polar surface area (TPSA) is 12.9 Å². The lowest BCUT2D eigenvalue weighted by Crippen LogP contribution is -1.87. The van der Waals surface area contributed by atoms with Crippen LogP contribution in [0.1, 0.15) is 22.4 Å². The van der Waals surface area contributed by atoms with Crippen molar-refractivity contribution in [1.29, 1.82) is 0 Å². The zero-order chi connectivity index (χ0) is 13.7. The maximum Gasteiger partial charge on any atom is 0.144 e. The van der Waals surface area contributed by atoms with Gasteiger partial charge < -0.3 is 0 Å². The molecule has 0 aliphatic carbocycles. The summed E-state index contributed by atoms with van der Waals surface area (Å²) in [6, 6.07) is 6.70. The molecular weight excluding hydrogens is 232 g/mol. The summed E-state index contributed by atoms with van der Waals surface area (Å²) in [6.07, 6.45) is 1.65. The highest BCUT2D eigenvalue weighted by Gasteiger charge is 1.95. The minimum absolute atomic E-state index is 0.116. The van der Waals surface area contributed by atoms with Crippen LogP contribution in [0.4, 0.5) is 8.78 Å². The van der Waals surface area contributed by atoms with Gasteiger partial charge >= 0.3 is 0 Å². The van der Waals surface area contributed by atoms with Crippen molar-refractivity contribution < 1.29 is 8.78 Å². The highest BCUT2D eigenvalue weighted by Crippen LogP contribution is 2.07. The maximum absolute atomic E-state index is 12.6. The first-order valence-corrected chi connectivity index (χ1v) is 5.71. The number of hydrogen-bond donors (Lipinski definition) is 0. The van der Waals surface area contributed by atoms with Crippen LogP contribution in [0, 0.1) is 39.3 Å². The van der Waals surface area contributed by atoms with Gasteiger partial charge in [-0.1, -0.05) is 12.1 Å². The van der Waals surface area contributed by atoms with E-state index in [4.69, 9.17) is 0 Å². The Morgan fingerprint density at radius 3 is 1.89 bits per heavy atom. The summed E-state index contributed by atoms with van der Waals surface area (Å²) in [5.41, 5.74) is 3.00. The van der Waals surface area contributed by atoms with Crippen LogP contribution in [-0.4, -0.2) is 4.98 Å². The van der Waals surface area contributed by atoms with Gasteiger partial charge in [0.15, 0.2) is 0 Å². The van der Waals surface area contributed by atoms with Crippen LogP contribution in [0.15, 0.2) is 30.5 Å². The van der Waals surface area contributed by atoms with Gasteiger partial charge in [-0.15, -0.1) is 0 Å². The third-order valence-electron chi connectivity index (χ3n) is 2.49. The van der Waals surface area contributed by atoms with Crippen LogP contribution in [0.25, 0.3) is 0 Å². The molecule has 2 aromatic rings. The third kappa shape index (κ3) is 4.24. The van der Waals surface area contributed by atoms with E-state index >= 15 is 0 Å². The average molecular weight is 249 g/mol. The lowest BCUT2D eigenvalue weighted by Gasteiger charge is -1.94. The molecule has 2 rings (SSSR count). The highest BCUT2D eigenvalue weighted by atomic mass is 19.1. The molecule has 0 fully saturated rings. The summed E-state index contributed by atoms with van der Waals surface area (Å²) in [5.74, 6) is -0.343. The Bertz CT molecular complexity index is 487. The van der Waals surface area contributed by atoms with Crippen molar-refractivity contribution in [2.75, 3.05) is 0 Å². The van der Waals surface area contributed by atoms with Gasteiger partial charge in [0.05, 0.1) is 5.69 Å².